The molecule has 118 valence electrons. The minimum absolute atomic E-state index is 0.194. The summed E-state index contributed by atoms with van der Waals surface area (Å²) in [6.45, 7) is 3.82. The molecule has 0 saturated carbocycles. The zero-order valence-corrected chi connectivity index (χ0v) is 12.3. The highest BCUT2D eigenvalue weighted by molar-refractivity contribution is 5.89. The molecule has 22 heavy (non-hydrogen) atoms. The Bertz CT molecular complexity index is 658. The van der Waals surface area contributed by atoms with Gasteiger partial charge in [0.2, 0.25) is 5.91 Å². The standard InChI is InChI=1S/C15H17F2N3O2/c1-9-7-14(20-22-9)19-15(21)5-6-18-10(2)12-4-3-11(16)8-13(12)17/h3-4,7-8,10,18H,5-6H2,1-2H3,(H,19,20,21)/t10-/m0/s1. The smallest absolute Gasteiger partial charge is 0.226 e. The first-order chi connectivity index (χ1) is 10.5. The molecule has 0 spiro atoms. The summed E-state index contributed by atoms with van der Waals surface area (Å²) in [6, 6.07) is 4.72. The van der Waals surface area contributed by atoms with Gasteiger partial charge < -0.3 is 15.2 Å². The lowest BCUT2D eigenvalue weighted by Crippen LogP contribution is -2.25. The fraction of sp³-hybridized carbons (Fsp3) is 0.333. The highest BCUT2D eigenvalue weighted by Gasteiger charge is 2.12. The van der Waals surface area contributed by atoms with E-state index in [9.17, 15) is 13.6 Å². The van der Waals surface area contributed by atoms with Gasteiger partial charge in [0, 0.05) is 36.7 Å². The number of benzene rings is 1. The Morgan fingerprint density at radius 2 is 2.14 bits per heavy atom. The number of aromatic nitrogens is 1. The summed E-state index contributed by atoms with van der Waals surface area (Å²) in [7, 11) is 0. The molecule has 0 bridgehead atoms. The Hall–Kier alpha value is -2.28. The molecule has 1 atom stereocenters. The van der Waals surface area contributed by atoms with Crippen LogP contribution in [0.5, 0.6) is 0 Å². The number of rotatable bonds is 6. The van der Waals surface area contributed by atoms with Gasteiger partial charge >= 0.3 is 0 Å². The van der Waals surface area contributed by atoms with Crippen molar-refractivity contribution in [2.45, 2.75) is 26.3 Å². The van der Waals surface area contributed by atoms with Crippen LogP contribution in [-0.2, 0) is 4.79 Å². The SMILES string of the molecule is Cc1cc(NC(=O)CCN[C@@H](C)c2ccc(F)cc2F)no1. The van der Waals surface area contributed by atoms with Crippen molar-refractivity contribution in [1.82, 2.24) is 10.5 Å². The molecule has 0 fully saturated rings. The van der Waals surface area contributed by atoms with Crippen molar-refractivity contribution in [2.24, 2.45) is 0 Å². The number of hydrogen-bond donors (Lipinski definition) is 2. The molecule has 2 N–H and O–H groups in total. The lowest BCUT2D eigenvalue weighted by molar-refractivity contribution is -0.116. The summed E-state index contributed by atoms with van der Waals surface area (Å²) < 4.78 is 31.3. The first-order valence-electron chi connectivity index (χ1n) is 6.87. The van der Waals surface area contributed by atoms with E-state index in [0.717, 1.165) is 6.07 Å². The van der Waals surface area contributed by atoms with Crippen molar-refractivity contribution in [3.8, 4) is 0 Å². The number of anilines is 1. The van der Waals surface area contributed by atoms with Crippen LogP contribution in [0.4, 0.5) is 14.6 Å². The van der Waals surface area contributed by atoms with Crippen molar-refractivity contribution in [3.63, 3.8) is 0 Å². The van der Waals surface area contributed by atoms with Crippen molar-refractivity contribution in [3.05, 3.63) is 47.2 Å². The van der Waals surface area contributed by atoms with Crippen molar-refractivity contribution in [2.75, 3.05) is 11.9 Å². The van der Waals surface area contributed by atoms with Crippen LogP contribution in [0.3, 0.4) is 0 Å². The Morgan fingerprint density at radius 3 is 2.77 bits per heavy atom. The lowest BCUT2D eigenvalue weighted by Gasteiger charge is -2.14. The Labute approximate surface area is 126 Å². The normalized spacial score (nSPS) is 12.2. The summed E-state index contributed by atoms with van der Waals surface area (Å²) in [5.41, 5.74) is 0.355. The van der Waals surface area contributed by atoms with E-state index >= 15 is 0 Å². The van der Waals surface area contributed by atoms with Crippen molar-refractivity contribution >= 4 is 11.7 Å². The van der Waals surface area contributed by atoms with Gasteiger partial charge in [0.05, 0.1) is 0 Å². The molecule has 0 radical (unpaired) electrons. The third-order valence-electron chi connectivity index (χ3n) is 3.13. The molecule has 0 aliphatic rings. The number of amides is 1. The predicted octanol–water partition coefficient (Wildman–Crippen LogP) is 2.94. The van der Waals surface area contributed by atoms with Crippen LogP contribution < -0.4 is 10.6 Å². The average molecular weight is 309 g/mol. The second-order valence-corrected chi connectivity index (χ2v) is 4.96. The van der Waals surface area contributed by atoms with Gasteiger partial charge in [-0.2, -0.15) is 0 Å². The summed E-state index contributed by atoms with van der Waals surface area (Å²) in [5.74, 6) is -0.486. The maximum atomic E-state index is 13.6. The van der Waals surface area contributed by atoms with Crippen LogP contribution in [0.25, 0.3) is 0 Å². The van der Waals surface area contributed by atoms with Gasteiger partial charge in [-0.1, -0.05) is 11.2 Å². The van der Waals surface area contributed by atoms with Crippen molar-refractivity contribution < 1.29 is 18.1 Å². The third-order valence-corrected chi connectivity index (χ3v) is 3.13. The fourth-order valence-electron chi connectivity index (χ4n) is 2.00. The molecule has 5 nitrogen and oxygen atoms in total. The van der Waals surface area contributed by atoms with Crippen molar-refractivity contribution in [1.29, 1.82) is 0 Å². The summed E-state index contributed by atoms with van der Waals surface area (Å²) in [4.78, 5) is 11.7. The van der Waals surface area contributed by atoms with E-state index < -0.39 is 11.6 Å². The van der Waals surface area contributed by atoms with Gasteiger partial charge in [0.1, 0.15) is 17.4 Å². The molecule has 0 aliphatic heterocycles. The van der Waals surface area contributed by atoms with Crippen LogP contribution in [-0.4, -0.2) is 17.6 Å². The lowest BCUT2D eigenvalue weighted by atomic mass is 10.1. The summed E-state index contributed by atoms with van der Waals surface area (Å²) in [6.07, 6.45) is 0.194. The number of carbonyl (C=O) groups excluding carboxylic acids is 1. The van der Waals surface area contributed by atoms with Gasteiger partial charge in [-0.15, -0.1) is 0 Å². The van der Waals surface area contributed by atoms with E-state index in [0.29, 0.717) is 23.7 Å². The highest BCUT2D eigenvalue weighted by Crippen LogP contribution is 2.17. The Kier molecular flexibility index (Phi) is 5.21. The Morgan fingerprint density at radius 1 is 1.36 bits per heavy atom. The second-order valence-electron chi connectivity index (χ2n) is 4.96. The van der Waals surface area contributed by atoms with Gasteiger partial charge in [-0.25, -0.2) is 8.78 Å². The minimum Gasteiger partial charge on any atom is -0.360 e. The van der Waals surface area contributed by atoms with Crippen LogP contribution in [0, 0.1) is 18.6 Å². The molecular weight excluding hydrogens is 292 g/mol. The van der Waals surface area contributed by atoms with E-state index in [1.165, 1.54) is 12.1 Å². The molecule has 0 unspecified atom stereocenters. The maximum absolute atomic E-state index is 13.6. The van der Waals surface area contributed by atoms with E-state index in [1.54, 1.807) is 19.9 Å². The van der Waals surface area contributed by atoms with E-state index in [4.69, 9.17) is 4.52 Å². The summed E-state index contributed by atoms with van der Waals surface area (Å²) in [5, 5.41) is 9.26. The first kappa shape index (κ1) is 16.1. The molecule has 1 aromatic heterocycles. The van der Waals surface area contributed by atoms with E-state index in [2.05, 4.69) is 15.8 Å². The average Bonchev–Trinajstić information content (AvgIpc) is 2.83. The number of aryl methyl sites for hydroxylation is 1. The van der Waals surface area contributed by atoms with E-state index in [1.807, 2.05) is 0 Å². The molecule has 1 heterocycles. The van der Waals surface area contributed by atoms with Crippen LogP contribution in [0.2, 0.25) is 0 Å². The molecule has 2 rings (SSSR count). The molecule has 7 heteroatoms. The zero-order valence-electron chi connectivity index (χ0n) is 12.3. The van der Waals surface area contributed by atoms with Gasteiger partial charge in [0.25, 0.3) is 0 Å². The molecule has 1 amide bonds. The minimum atomic E-state index is -0.615. The predicted molar refractivity (Wildman–Crippen MR) is 77.3 cm³/mol. The monoisotopic (exact) mass is 309 g/mol. The van der Waals surface area contributed by atoms with Crippen LogP contribution in [0.1, 0.15) is 30.7 Å². The summed E-state index contributed by atoms with van der Waals surface area (Å²) >= 11 is 0. The number of halogens is 2. The highest BCUT2D eigenvalue weighted by atomic mass is 19.1. The second kappa shape index (κ2) is 7.13. The van der Waals surface area contributed by atoms with Crippen LogP contribution in [0.15, 0.2) is 28.8 Å². The first-order valence-corrected chi connectivity index (χ1v) is 6.87. The van der Waals surface area contributed by atoms with Gasteiger partial charge in [0.15, 0.2) is 5.82 Å². The Balaban J connectivity index is 1.79. The molecule has 0 saturated heterocycles. The molecule has 0 aliphatic carbocycles. The van der Waals surface area contributed by atoms with Gasteiger partial charge in [-0.05, 0) is 19.9 Å². The maximum Gasteiger partial charge on any atom is 0.226 e. The largest absolute Gasteiger partial charge is 0.360 e. The van der Waals surface area contributed by atoms with Gasteiger partial charge in [-0.3, -0.25) is 4.79 Å². The fourth-order valence-corrected chi connectivity index (χ4v) is 2.00. The molecule has 2 aromatic rings. The quantitative estimate of drug-likeness (QED) is 0.861. The number of hydrogen-bond acceptors (Lipinski definition) is 4. The number of nitrogens with one attached hydrogen (secondary N) is 2. The molecular formula is C15H17F2N3O2. The molecule has 1 aromatic carbocycles. The number of carbonyl (C=O) groups is 1. The third kappa shape index (κ3) is 4.36. The van der Waals surface area contributed by atoms with E-state index in [-0.39, 0.29) is 18.4 Å². The zero-order chi connectivity index (χ0) is 16.1. The number of nitrogens with zero attached hydrogens (tertiary/aromatic N) is 1. The topological polar surface area (TPSA) is 67.2 Å². The van der Waals surface area contributed by atoms with Crippen LogP contribution >= 0.6 is 0 Å².